The number of carbonyl (C=O) groups is 3. The number of nitrogens with zero attached hydrogens (tertiary/aromatic N) is 1. The topological polar surface area (TPSA) is 125 Å². The fourth-order valence-corrected chi connectivity index (χ4v) is 3.76. The van der Waals surface area contributed by atoms with Crippen LogP contribution in [-0.2, 0) is 4.79 Å². The number of nitrogens with one attached hydrogen (secondary N) is 1. The maximum Gasteiger partial charge on any atom is 0.335 e. The zero-order chi connectivity index (χ0) is 21.3. The second-order valence-electron chi connectivity index (χ2n) is 6.41. The summed E-state index contributed by atoms with van der Waals surface area (Å²) in [6.45, 7) is 0.323. The quantitative estimate of drug-likeness (QED) is 0.646. The van der Waals surface area contributed by atoms with Crippen molar-refractivity contribution in [2.45, 2.75) is 0 Å². The van der Waals surface area contributed by atoms with E-state index in [0.29, 0.717) is 11.5 Å². The highest BCUT2D eigenvalue weighted by Crippen LogP contribution is 2.31. The number of rotatable bonds is 4. The Morgan fingerprint density at radius 2 is 1.80 bits per heavy atom. The number of benzene rings is 2. The highest BCUT2D eigenvalue weighted by Gasteiger charge is 2.25. The van der Waals surface area contributed by atoms with Crippen LogP contribution in [0.4, 0.5) is 5.69 Å². The summed E-state index contributed by atoms with van der Waals surface area (Å²) >= 11 is 1.08. The third-order valence-electron chi connectivity index (χ3n) is 4.26. The summed E-state index contributed by atoms with van der Waals surface area (Å²) in [7, 11) is 0. The highest BCUT2D eigenvalue weighted by atomic mass is 32.2. The van der Waals surface area contributed by atoms with Gasteiger partial charge in [-0.25, -0.2) is 14.6 Å². The van der Waals surface area contributed by atoms with E-state index in [1.54, 1.807) is 6.08 Å². The van der Waals surface area contributed by atoms with Crippen LogP contribution in [0.2, 0.25) is 0 Å². The molecule has 0 saturated carbocycles. The number of aromatic carboxylic acids is 2. The predicted octanol–water partition coefficient (Wildman–Crippen LogP) is 3.29. The van der Waals surface area contributed by atoms with Crippen molar-refractivity contribution in [2.24, 2.45) is 4.99 Å². The van der Waals surface area contributed by atoms with Crippen molar-refractivity contribution < 1.29 is 29.3 Å². The van der Waals surface area contributed by atoms with Crippen LogP contribution in [0.3, 0.4) is 0 Å². The molecule has 0 aliphatic carbocycles. The number of aliphatic imine (C=N–C) groups is 1. The monoisotopic (exact) mass is 422 g/mol. The van der Waals surface area contributed by atoms with Gasteiger partial charge in [0.1, 0.15) is 12.4 Å². The third kappa shape index (κ3) is 4.11. The van der Waals surface area contributed by atoms with Crippen LogP contribution in [0.15, 0.2) is 64.0 Å². The molecule has 9 heteroatoms. The molecule has 1 amide bonds. The molecule has 0 radical (unpaired) electrons. The van der Waals surface area contributed by atoms with Crippen LogP contribution in [-0.4, -0.2) is 39.8 Å². The van der Waals surface area contributed by atoms with E-state index in [2.05, 4.69) is 10.3 Å². The molecule has 0 unspecified atom stereocenters. The Hall–Kier alpha value is -3.85. The van der Waals surface area contributed by atoms with Crippen molar-refractivity contribution in [3.63, 3.8) is 0 Å². The highest BCUT2D eigenvalue weighted by molar-refractivity contribution is 8.18. The zero-order valence-electron chi connectivity index (χ0n) is 15.3. The van der Waals surface area contributed by atoms with Gasteiger partial charge in [-0.2, -0.15) is 0 Å². The number of amidine groups is 1. The third-order valence-corrected chi connectivity index (χ3v) is 5.17. The first-order valence-electron chi connectivity index (χ1n) is 8.73. The van der Waals surface area contributed by atoms with Gasteiger partial charge < -0.3 is 20.3 Å². The first-order valence-corrected chi connectivity index (χ1v) is 9.54. The number of hydrogen-bond acceptors (Lipinski definition) is 6. The lowest BCUT2D eigenvalue weighted by atomic mass is 10.1. The largest absolute Gasteiger partial charge is 0.488 e. The number of carbonyl (C=O) groups excluding carboxylic acids is 1. The van der Waals surface area contributed by atoms with E-state index in [1.165, 1.54) is 12.1 Å². The van der Waals surface area contributed by atoms with Gasteiger partial charge in [0.15, 0.2) is 5.17 Å². The fraction of sp³-hybridized carbons (Fsp3) is 0.0476. The Balaban J connectivity index is 1.61. The minimum absolute atomic E-state index is 0.116. The standard InChI is InChI=1S/C21H14N2O6S/c24-18-17(6-11-5-12-3-1-2-4-16(12)29-10-11)30-21(23-18)22-15-8-13(19(25)26)7-14(9-15)20(27)28/h1-9H,10H2,(H,25,26)(H,27,28)(H,22,23,24)/b17-6-. The summed E-state index contributed by atoms with van der Waals surface area (Å²) in [5.41, 5.74) is 1.43. The van der Waals surface area contributed by atoms with Gasteiger partial charge in [0.05, 0.1) is 21.7 Å². The maximum absolute atomic E-state index is 12.3. The van der Waals surface area contributed by atoms with E-state index in [0.717, 1.165) is 34.7 Å². The van der Waals surface area contributed by atoms with Crippen LogP contribution in [0, 0.1) is 0 Å². The van der Waals surface area contributed by atoms with E-state index in [-0.39, 0.29) is 27.9 Å². The first kappa shape index (κ1) is 19.5. The van der Waals surface area contributed by atoms with Crippen molar-refractivity contribution in [3.05, 3.63) is 75.7 Å². The van der Waals surface area contributed by atoms with Crippen molar-refractivity contribution in [1.29, 1.82) is 0 Å². The van der Waals surface area contributed by atoms with Crippen LogP contribution in [0.1, 0.15) is 26.3 Å². The summed E-state index contributed by atoms with van der Waals surface area (Å²) in [5.74, 6) is -2.12. The van der Waals surface area contributed by atoms with Gasteiger partial charge in [-0.15, -0.1) is 0 Å². The minimum Gasteiger partial charge on any atom is -0.488 e. The van der Waals surface area contributed by atoms with Crippen LogP contribution in [0.5, 0.6) is 5.75 Å². The zero-order valence-corrected chi connectivity index (χ0v) is 16.1. The average Bonchev–Trinajstić information content (AvgIpc) is 3.06. The SMILES string of the molecule is O=C1NC(=Nc2cc(C(=O)O)cc(C(=O)O)c2)S/C1=C\C1=Cc2ccccc2OC1. The van der Waals surface area contributed by atoms with Gasteiger partial charge in [0.2, 0.25) is 0 Å². The molecule has 0 spiro atoms. The molecule has 30 heavy (non-hydrogen) atoms. The molecule has 150 valence electrons. The molecule has 1 saturated heterocycles. The Morgan fingerprint density at radius 1 is 1.10 bits per heavy atom. The molecular weight excluding hydrogens is 408 g/mol. The van der Waals surface area contributed by atoms with Gasteiger partial charge >= 0.3 is 11.9 Å². The number of amides is 1. The average molecular weight is 422 g/mol. The smallest absolute Gasteiger partial charge is 0.335 e. The van der Waals surface area contributed by atoms with Gasteiger partial charge in [0, 0.05) is 5.56 Å². The van der Waals surface area contributed by atoms with Crippen LogP contribution in [0.25, 0.3) is 6.08 Å². The summed E-state index contributed by atoms with van der Waals surface area (Å²) in [6, 6.07) is 11.1. The Labute approximate surface area is 174 Å². The minimum atomic E-state index is -1.27. The molecule has 2 heterocycles. The van der Waals surface area contributed by atoms with Gasteiger partial charge in [0.25, 0.3) is 5.91 Å². The molecule has 0 atom stereocenters. The van der Waals surface area contributed by atoms with E-state index in [1.807, 2.05) is 30.3 Å². The Kier molecular flexibility index (Phi) is 5.11. The van der Waals surface area contributed by atoms with Gasteiger partial charge in [-0.05, 0) is 53.8 Å². The second kappa shape index (κ2) is 7.88. The lowest BCUT2D eigenvalue weighted by Gasteiger charge is -2.15. The van der Waals surface area contributed by atoms with Crippen molar-refractivity contribution in [3.8, 4) is 5.75 Å². The first-order chi connectivity index (χ1) is 14.4. The lowest BCUT2D eigenvalue weighted by molar-refractivity contribution is -0.115. The summed E-state index contributed by atoms with van der Waals surface area (Å²) in [4.78, 5) is 39.4. The van der Waals surface area contributed by atoms with E-state index in [4.69, 9.17) is 14.9 Å². The van der Waals surface area contributed by atoms with E-state index >= 15 is 0 Å². The number of para-hydroxylation sites is 1. The molecule has 8 nitrogen and oxygen atoms in total. The lowest BCUT2D eigenvalue weighted by Crippen LogP contribution is -2.19. The van der Waals surface area contributed by atoms with E-state index < -0.39 is 11.9 Å². The molecular formula is C21H14N2O6S. The molecule has 2 aliphatic heterocycles. The number of thioether (sulfide) groups is 1. The normalized spacial score (nSPS) is 17.9. The van der Waals surface area contributed by atoms with Crippen LogP contribution < -0.4 is 10.1 Å². The van der Waals surface area contributed by atoms with Crippen molar-refractivity contribution in [2.75, 3.05) is 6.61 Å². The fourth-order valence-electron chi connectivity index (χ4n) is 2.91. The number of carboxylic acid groups (broad SMARTS) is 2. The summed E-state index contributed by atoms with van der Waals surface area (Å²) < 4.78 is 5.68. The second-order valence-corrected chi connectivity index (χ2v) is 7.44. The van der Waals surface area contributed by atoms with Gasteiger partial charge in [-0.1, -0.05) is 18.2 Å². The van der Waals surface area contributed by atoms with Gasteiger partial charge in [-0.3, -0.25) is 4.79 Å². The molecule has 1 fully saturated rings. The number of fused-ring (bicyclic) bond motifs is 1. The molecule has 2 aliphatic rings. The van der Waals surface area contributed by atoms with Crippen molar-refractivity contribution in [1.82, 2.24) is 5.32 Å². The maximum atomic E-state index is 12.3. The number of carboxylic acids is 2. The summed E-state index contributed by atoms with van der Waals surface area (Å²) in [6.07, 6.45) is 3.64. The van der Waals surface area contributed by atoms with Crippen LogP contribution >= 0.6 is 11.8 Å². The molecule has 0 aromatic heterocycles. The predicted molar refractivity (Wildman–Crippen MR) is 111 cm³/mol. The number of hydrogen-bond donors (Lipinski definition) is 3. The molecule has 2 aromatic rings. The van der Waals surface area contributed by atoms with E-state index in [9.17, 15) is 14.4 Å². The molecule has 4 rings (SSSR count). The molecule has 3 N–H and O–H groups in total. The Morgan fingerprint density at radius 3 is 2.50 bits per heavy atom. The molecule has 0 bridgehead atoms. The molecule has 2 aromatic carbocycles. The summed E-state index contributed by atoms with van der Waals surface area (Å²) in [5, 5.41) is 21.2. The number of ether oxygens (including phenoxy) is 1. The van der Waals surface area contributed by atoms with Crippen molar-refractivity contribution >= 4 is 46.5 Å². The Bertz CT molecular complexity index is 1150.